The third kappa shape index (κ3) is 1.65. The molecule has 1 unspecified atom stereocenters. The number of rotatable bonds is 0. The van der Waals surface area contributed by atoms with Gasteiger partial charge in [-0.1, -0.05) is 18.2 Å². The zero-order valence-corrected chi connectivity index (χ0v) is 10.4. The predicted octanol–water partition coefficient (Wildman–Crippen LogP) is 1.39. The first-order valence-corrected chi connectivity index (χ1v) is 6.26. The van der Waals surface area contributed by atoms with Crippen molar-refractivity contribution < 1.29 is 4.79 Å². The number of hydrogen-bond acceptors (Lipinski definition) is 2. The van der Waals surface area contributed by atoms with Crippen molar-refractivity contribution in [1.82, 2.24) is 9.80 Å². The maximum absolute atomic E-state index is 12.5. The summed E-state index contributed by atoms with van der Waals surface area (Å²) in [6.07, 6.45) is 0.997. The Morgan fingerprint density at radius 2 is 2.00 bits per heavy atom. The van der Waals surface area contributed by atoms with Crippen molar-refractivity contribution in [2.24, 2.45) is 0 Å². The molecule has 1 amide bonds. The van der Waals surface area contributed by atoms with Crippen molar-refractivity contribution in [2.75, 3.05) is 20.1 Å². The molecule has 17 heavy (non-hydrogen) atoms. The molecule has 3 heteroatoms. The summed E-state index contributed by atoms with van der Waals surface area (Å²) in [4.78, 5) is 16.9. The molecule has 1 aromatic carbocycles. The van der Waals surface area contributed by atoms with E-state index in [1.54, 1.807) is 0 Å². The van der Waals surface area contributed by atoms with Crippen LogP contribution in [-0.4, -0.2) is 47.9 Å². The van der Waals surface area contributed by atoms with Crippen molar-refractivity contribution in [3.8, 4) is 0 Å². The second-order valence-corrected chi connectivity index (χ2v) is 5.30. The molecule has 3 nitrogen and oxygen atoms in total. The zero-order valence-electron chi connectivity index (χ0n) is 10.4. The second-order valence-electron chi connectivity index (χ2n) is 5.30. The first kappa shape index (κ1) is 10.8. The number of nitrogens with zero attached hydrogens (tertiary/aromatic N) is 2. The second kappa shape index (κ2) is 3.84. The van der Waals surface area contributed by atoms with Crippen LogP contribution in [0.3, 0.4) is 0 Å². The number of fused-ring (bicyclic) bond motifs is 2. The van der Waals surface area contributed by atoms with Crippen LogP contribution in [0.4, 0.5) is 0 Å². The van der Waals surface area contributed by atoms with Crippen LogP contribution >= 0.6 is 0 Å². The van der Waals surface area contributed by atoms with E-state index in [9.17, 15) is 4.79 Å². The molecule has 1 fully saturated rings. The van der Waals surface area contributed by atoms with Crippen molar-refractivity contribution in [2.45, 2.75) is 25.4 Å². The largest absolute Gasteiger partial charge is 0.330 e. The summed E-state index contributed by atoms with van der Waals surface area (Å²) >= 11 is 0. The summed E-state index contributed by atoms with van der Waals surface area (Å²) in [5, 5.41) is 0. The Morgan fingerprint density at radius 1 is 1.24 bits per heavy atom. The van der Waals surface area contributed by atoms with Gasteiger partial charge in [0.25, 0.3) is 5.91 Å². The number of benzene rings is 1. The van der Waals surface area contributed by atoms with Crippen LogP contribution in [0.15, 0.2) is 24.3 Å². The van der Waals surface area contributed by atoms with E-state index in [1.165, 1.54) is 5.56 Å². The number of hydrogen-bond donors (Lipinski definition) is 0. The summed E-state index contributed by atoms with van der Waals surface area (Å²) in [5.41, 5.74) is 2.11. The van der Waals surface area contributed by atoms with Gasteiger partial charge in [-0.2, -0.15) is 0 Å². The Bertz CT molecular complexity index is 457. The SMILES string of the molecule is C[C@H]1CN(C)CC2Cc3ccccc3C(=O)N21. The van der Waals surface area contributed by atoms with Crippen LogP contribution in [0.1, 0.15) is 22.8 Å². The highest BCUT2D eigenvalue weighted by Gasteiger charge is 2.38. The molecule has 2 heterocycles. The minimum atomic E-state index is 0.220. The molecule has 3 rings (SSSR count). The van der Waals surface area contributed by atoms with Crippen LogP contribution in [0.25, 0.3) is 0 Å². The molecule has 2 aliphatic rings. The summed E-state index contributed by atoms with van der Waals surface area (Å²) in [7, 11) is 2.14. The van der Waals surface area contributed by atoms with Gasteiger partial charge in [-0.25, -0.2) is 0 Å². The summed E-state index contributed by atoms with van der Waals surface area (Å²) in [6.45, 7) is 4.11. The molecule has 0 bridgehead atoms. The lowest BCUT2D eigenvalue weighted by molar-refractivity contribution is 0.0269. The standard InChI is InChI=1S/C14H18N2O/c1-10-8-15(2)9-12-7-11-5-3-4-6-13(11)14(17)16(10)12/h3-6,10,12H,7-9H2,1-2H3/t10-,12?/m0/s1. The minimum absolute atomic E-state index is 0.220. The monoisotopic (exact) mass is 230 g/mol. The van der Waals surface area contributed by atoms with Gasteiger partial charge in [0.15, 0.2) is 0 Å². The van der Waals surface area contributed by atoms with Gasteiger partial charge in [0.2, 0.25) is 0 Å². The average molecular weight is 230 g/mol. The summed E-state index contributed by atoms with van der Waals surface area (Å²) in [5.74, 6) is 0.220. The van der Waals surface area contributed by atoms with Crippen LogP contribution in [0.5, 0.6) is 0 Å². The van der Waals surface area contributed by atoms with Crippen LogP contribution < -0.4 is 0 Å². The van der Waals surface area contributed by atoms with Gasteiger partial charge in [-0.3, -0.25) is 4.79 Å². The third-order valence-corrected chi connectivity index (χ3v) is 3.90. The summed E-state index contributed by atoms with van der Waals surface area (Å²) in [6, 6.07) is 8.70. The van der Waals surface area contributed by atoms with E-state index in [1.807, 2.05) is 18.2 Å². The quantitative estimate of drug-likeness (QED) is 0.672. The van der Waals surface area contributed by atoms with Gasteiger partial charge in [0, 0.05) is 30.7 Å². The minimum Gasteiger partial charge on any atom is -0.330 e. The number of piperazine rings is 1. The molecule has 2 atom stereocenters. The van der Waals surface area contributed by atoms with E-state index < -0.39 is 0 Å². The van der Waals surface area contributed by atoms with Gasteiger partial charge >= 0.3 is 0 Å². The van der Waals surface area contributed by atoms with Crippen LogP contribution in [-0.2, 0) is 6.42 Å². The number of carbonyl (C=O) groups is 1. The molecule has 0 aromatic heterocycles. The Balaban J connectivity index is 2.01. The molecule has 2 aliphatic heterocycles. The number of amides is 1. The maximum Gasteiger partial charge on any atom is 0.254 e. The first-order chi connectivity index (χ1) is 8.16. The fourth-order valence-electron chi connectivity index (χ4n) is 3.25. The van der Waals surface area contributed by atoms with Crippen LogP contribution in [0.2, 0.25) is 0 Å². The van der Waals surface area contributed by atoms with Crippen molar-refractivity contribution in [3.05, 3.63) is 35.4 Å². The molecule has 0 spiro atoms. The van der Waals surface area contributed by atoms with E-state index in [4.69, 9.17) is 0 Å². The summed E-state index contributed by atoms with van der Waals surface area (Å²) < 4.78 is 0. The molecular formula is C14H18N2O. The molecule has 0 N–H and O–H groups in total. The Hall–Kier alpha value is -1.35. The number of carbonyl (C=O) groups excluding carboxylic acids is 1. The third-order valence-electron chi connectivity index (χ3n) is 3.90. The van der Waals surface area contributed by atoms with E-state index >= 15 is 0 Å². The first-order valence-electron chi connectivity index (χ1n) is 6.26. The van der Waals surface area contributed by atoms with E-state index in [0.717, 1.165) is 25.1 Å². The maximum atomic E-state index is 12.5. The molecular weight excluding hydrogens is 212 g/mol. The predicted molar refractivity (Wildman–Crippen MR) is 67.1 cm³/mol. The van der Waals surface area contributed by atoms with Gasteiger partial charge in [0.1, 0.15) is 0 Å². The lowest BCUT2D eigenvalue weighted by atomic mass is 9.90. The van der Waals surface area contributed by atoms with Crippen molar-refractivity contribution in [1.29, 1.82) is 0 Å². The highest BCUT2D eigenvalue weighted by Crippen LogP contribution is 2.28. The van der Waals surface area contributed by atoms with Crippen molar-refractivity contribution in [3.63, 3.8) is 0 Å². The van der Waals surface area contributed by atoms with E-state index in [-0.39, 0.29) is 5.91 Å². The smallest absolute Gasteiger partial charge is 0.254 e. The zero-order chi connectivity index (χ0) is 12.0. The topological polar surface area (TPSA) is 23.6 Å². The Labute approximate surface area is 102 Å². The molecule has 1 saturated heterocycles. The van der Waals surface area contributed by atoms with E-state index in [0.29, 0.717) is 12.1 Å². The molecule has 90 valence electrons. The van der Waals surface area contributed by atoms with Crippen LogP contribution in [0, 0.1) is 0 Å². The van der Waals surface area contributed by atoms with Gasteiger partial charge < -0.3 is 9.80 Å². The fourth-order valence-corrected chi connectivity index (χ4v) is 3.25. The molecule has 1 aromatic rings. The van der Waals surface area contributed by atoms with E-state index in [2.05, 4.69) is 29.8 Å². The van der Waals surface area contributed by atoms with Crippen molar-refractivity contribution >= 4 is 5.91 Å². The highest BCUT2D eigenvalue weighted by atomic mass is 16.2. The number of likely N-dealkylation sites (N-methyl/N-ethyl adjacent to an activating group) is 1. The Morgan fingerprint density at radius 3 is 2.82 bits per heavy atom. The fraction of sp³-hybridized carbons (Fsp3) is 0.500. The normalized spacial score (nSPS) is 28.8. The molecule has 0 radical (unpaired) electrons. The van der Waals surface area contributed by atoms with Gasteiger partial charge in [0.05, 0.1) is 0 Å². The lowest BCUT2D eigenvalue weighted by Gasteiger charge is -2.47. The average Bonchev–Trinajstić information content (AvgIpc) is 2.28. The Kier molecular flexibility index (Phi) is 2.44. The lowest BCUT2D eigenvalue weighted by Crippen LogP contribution is -2.61. The van der Waals surface area contributed by atoms with Gasteiger partial charge in [-0.05, 0) is 32.0 Å². The van der Waals surface area contributed by atoms with Gasteiger partial charge in [-0.15, -0.1) is 0 Å². The molecule has 0 saturated carbocycles. The highest BCUT2D eigenvalue weighted by molar-refractivity contribution is 5.97. The molecule has 0 aliphatic carbocycles.